The fourth-order valence-corrected chi connectivity index (χ4v) is 1.93. The molecule has 0 bridgehead atoms. The van der Waals surface area contributed by atoms with Crippen LogP contribution in [-0.2, 0) is 0 Å². The highest BCUT2D eigenvalue weighted by molar-refractivity contribution is 9.09. The van der Waals surface area contributed by atoms with Crippen molar-refractivity contribution in [3.8, 4) is 5.75 Å². The molecule has 0 saturated heterocycles. The van der Waals surface area contributed by atoms with Gasteiger partial charge in [0.2, 0.25) is 0 Å². The lowest BCUT2D eigenvalue weighted by atomic mass is 10.0. The molecule has 2 atom stereocenters. The minimum atomic E-state index is -0.562. The molecule has 0 radical (unpaired) electrons. The Bertz CT molecular complexity index is 353. The molecule has 0 fully saturated rings. The van der Waals surface area contributed by atoms with Crippen LogP contribution in [0.15, 0.2) is 12.1 Å². The standard InChI is InChI=1S/C11H14BrClO2/c1-6-4-10(15-3)9(13)5-8(6)11(14)7(2)12/h4-5,7,11,14H,1-3H3. The van der Waals surface area contributed by atoms with Crippen molar-refractivity contribution in [3.05, 3.63) is 28.3 Å². The summed E-state index contributed by atoms with van der Waals surface area (Å²) < 4.78 is 5.10. The Morgan fingerprint density at radius 1 is 1.47 bits per heavy atom. The smallest absolute Gasteiger partial charge is 0.137 e. The number of aliphatic hydroxyl groups excluding tert-OH is 1. The Balaban J connectivity index is 3.15. The number of aliphatic hydroxyl groups is 1. The normalized spacial score (nSPS) is 14.8. The van der Waals surface area contributed by atoms with Gasteiger partial charge in [-0.25, -0.2) is 0 Å². The Morgan fingerprint density at radius 3 is 2.53 bits per heavy atom. The van der Waals surface area contributed by atoms with Crippen molar-refractivity contribution in [2.75, 3.05) is 7.11 Å². The van der Waals surface area contributed by atoms with Crippen molar-refractivity contribution >= 4 is 27.5 Å². The Labute approximate surface area is 103 Å². The van der Waals surface area contributed by atoms with Crippen LogP contribution in [0.2, 0.25) is 5.02 Å². The van der Waals surface area contributed by atoms with Crippen molar-refractivity contribution in [2.45, 2.75) is 24.8 Å². The van der Waals surface area contributed by atoms with E-state index in [1.54, 1.807) is 13.2 Å². The molecule has 84 valence electrons. The molecule has 2 nitrogen and oxygen atoms in total. The molecule has 0 aliphatic carbocycles. The van der Waals surface area contributed by atoms with E-state index in [2.05, 4.69) is 15.9 Å². The molecule has 0 aliphatic rings. The third-order valence-electron chi connectivity index (χ3n) is 2.29. The Kier molecular flexibility index (Phi) is 4.44. The zero-order valence-electron chi connectivity index (χ0n) is 8.92. The van der Waals surface area contributed by atoms with Crippen LogP contribution in [-0.4, -0.2) is 17.0 Å². The summed E-state index contributed by atoms with van der Waals surface area (Å²) in [6, 6.07) is 3.58. The van der Waals surface area contributed by atoms with Gasteiger partial charge in [0.05, 0.1) is 18.2 Å². The minimum absolute atomic E-state index is 0.0133. The quantitative estimate of drug-likeness (QED) is 0.865. The highest BCUT2D eigenvalue weighted by atomic mass is 79.9. The SMILES string of the molecule is COc1cc(C)c(C(O)C(C)Br)cc1Cl. The molecule has 0 aliphatic heterocycles. The fourth-order valence-electron chi connectivity index (χ4n) is 1.39. The van der Waals surface area contributed by atoms with Crippen molar-refractivity contribution in [1.29, 1.82) is 0 Å². The Hall–Kier alpha value is -0.250. The highest BCUT2D eigenvalue weighted by Gasteiger charge is 2.17. The molecule has 1 aromatic carbocycles. The van der Waals surface area contributed by atoms with Crippen LogP contribution in [0, 0.1) is 6.92 Å². The van der Waals surface area contributed by atoms with E-state index in [4.69, 9.17) is 16.3 Å². The lowest BCUT2D eigenvalue weighted by molar-refractivity contribution is 0.180. The van der Waals surface area contributed by atoms with Gasteiger partial charge in [0, 0.05) is 4.83 Å². The van der Waals surface area contributed by atoms with Crippen molar-refractivity contribution in [3.63, 3.8) is 0 Å². The van der Waals surface area contributed by atoms with Gasteiger partial charge in [-0.3, -0.25) is 0 Å². The maximum absolute atomic E-state index is 9.92. The van der Waals surface area contributed by atoms with Gasteiger partial charge < -0.3 is 9.84 Å². The summed E-state index contributed by atoms with van der Waals surface area (Å²) in [7, 11) is 1.57. The number of benzene rings is 1. The summed E-state index contributed by atoms with van der Waals surface area (Å²) in [6.45, 7) is 3.81. The first-order valence-corrected chi connectivity index (χ1v) is 5.93. The second-order valence-corrected chi connectivity index (χ2v) is 5.32. The molecule has 1 N–H and O–H groups in total. The second kappa shape index (κ2) is 5.19. The number of methoxy groups -OCH3 is 1. The molecule has 15 heavy (non-hydrogen) atoms. The summed E-state index contributed by atoms with van der Waals surface area (Å²) in [6.07, 6.45) is -0.562. The first kappa shape index (κ1) is 12.8. The van der Waals surface area contributed by atoms with Crippen LogP contribution >= 0.6 is 27.5 Å². The molecule has 4 heteroatoms. The third kappa shape index (κ3) is 2.86. The molecule has 0 heterocycles. The minimum Gasteiger partial charge on any atom is -0.495 e. The van der Waals surface area contributed by atoms with E-state index in [9.17, 15) is 5.11 Å². The van der Waals surface area contributed by atoms with Crippen LogP contribution < -0.4 is 4.74 Å². The molecule has 1 aromatic rings. The second-order valence-electron chi connectivity index (χ2n) is 3.47. The van der Waals surface area contributed by atoms with Gasteiger partial charge in [0.1, 0.15) is 5.75 Å². The number of hydrogen-bond donors (Lipinski definition) is 1. The molecule has 2 unspecified atom stereocenters. The van der Waals surface area contributed by atoms with Crippen LogP contribution in [0.5, 0.6) is 5.75 Å². The number of rotatable bonds is 3. The average molecular weight is 294 g/mol. The monoisotopic (exact) mass is 292 g/mol. The van der Waals surface area contributed by atoms with Crippen LogP contribution in [0.25, 0.3) is 0 Å². The van der Waals surface area contributed by atoms with Crippen molar-refractivity contribution in [2.24, 2.45) is 0 Å². The van der Waals surface area contributed by atoms with Gasteiger partial charge in [0.15, 0.2) is 0 Å². The van der Waals surface area contributed by atoms with E-state index < -0.39 is 6.10 Å². The molecule has 0 spiro atoms. The van der Waals surface area contributed by atoms with E-state index in [0.717, 1.165) is 11.1 Å². The van der Waals surface area contributed by atoms with E-state index in [1.165, 1.54) is 0 Å². The largest absolute Gasteiger partial charge is 0.495 e. The fraction of sp³-hybridized carbons (Fsp3) is 0.455. The molecular formula is C11H14BrClO2. The van der Waals surface area contributed by atoms with Gasteiger partial charge in [0.25, 0.3) is 0 Å². The number of alkyl halides is 1. The predicted molar refractivity (Wildman–Crippen MR) is 66.1 cm³/mol. The van der Waals surface area contributed by atoms with E-state index >= 15 is 0 Å². The first-order chi connectivity index (χ1) is 6.97. The van der Waals surface area contributed by atoms with Gasteiger partial charge in [-0.2, -0.15) is 0 Å². The zero-order chi connectivity index (χ0) is 11.6. The summed E-state index contributed by atoms with van der Waals surface area (Å²) in [5.41, 5.74) is 1.79. The topological polar surface area (TPSA) is 29.5 Å². The molecule has 0 amide bonds. The van der Waals surface area contributed by atoms with Crippen LogP contribution in [0.4, 0.5) is 0 Å². The summed E-state index contributed by atoms with van der Waals surface area (Å²) in [5, 5.41) is 10.4. The van der Waals surface area contributed by atoms with E-state index in [1.807, 2.05) is 19.9 Å². The van der Waals surface area contributed by atoms with Gasteiger partial charge in [-0.15, -0.1) is 0 Å². The zero-order valence-corrected chi connectivity index (χ0v) is 11.3. The van der Waals surface area contributed by atoms with Crippen LogP contribution in [0.1, 0.15) is 24.2 Å². The lowest BCUT2D eigenvalue weighted by Crippen LogP contribution is -2.09. The Morgan fingerprint density at radius 2 is 2.07 bits per heavy atom. The molecule has 1 rings (SSSR count). The average Bonchev–Trinajstić information content (AvgIpc) is 2.19. The predicted octanol–water partition coefficient (Wildman–Crippen LogP) is 3.47. The maximum Gasteiger partial charge on any atom is 0.137 e. The highest BCUT2D eigenvalue weighted by Crippen LogP contribution is 2.33. The maximum atomic E-state index is 9.92. The van der Waals surface area contributed by atoms with Crippen molar-refractivity contribution < 1.29 is 9.84 Å². The van der Waals surface area contributed by atoms with Crippen molar-refractivity contribution in [1.82, 2.24) is 0 Å². The number of halogens is 2. The lowest BCUT2D eigenvalue weighted by Gasteiger charge is -2.17. The van der Waals surface area contributed by atoms with E-state index in [-0.39, 0.29) is 4.83 Å². The summed E-state index contributed by atoms with van der Waals surface area (Å²) in [5.74, 6) is 0.632. The number of ether oxygens (including phenoxy) is 1. The molecule has 0 aromatic heterocycles. The number of hydrogen-bond acceptors (Lipinski definition) is 2. The number of aryl methyl sites for hydroxylation is 1. The van der Waals surface area contributed by atoms with Gasteiger partial charge in [-0.1, -0.05) is 27.5 Å². The molecular weight excluding hydrogens is 279 g/mol. The third-order valence-corrected chi connectivity index (χ3v) is 3.09. The van der Waals surface area contributed by atoms with Crippen LogP contribution in [0.3, 0.4) is 0 Å². The van der Waals surface area contributed by atoms with Gasteiger partial charge >= 0.3 is 0 Å². The van der Waals surface area contributed by atoms with Gasteiger partial charge in [-0.05, 0) is 37.1 Å². The van der Waals surface area contributed by atoms with E-state index in [0.29, 0.717) is 10.8 Å². The molecule has 0 saturated carbocycles. The summed E-state index contributed by atoms with van der Waals surface area (Å²) >= 11 is 9.35. The first-order valence-electron chi connectivity index (χ1n) is 4.63. The summed E-state index contributed by atoms with van der Waals surface area (Å²) in [4.78, 5) is -0.0133.